The summed E-state index contributed by atoms with van der Waals surface area (Å²) >= 11 is 1.31. The van der Waals surface area contributed by atoms with Gasteiger partial charge in [-0.15, -0.1) is 0 Å². The summed E-state index contributed by atoms with van der Waals surface area (Å²) in [5.74, 6) is -0.405. The molecule has 64 valence electrons. The number of fused-ring (bicyclic) bond motifs is 1. The summed E-state index contributed by atoms with van der Waals surface area (Å²) in [6.45, 7) is 1.67. The van der Waals surface area contributed by atoms with Crippen LogP contribution in [0.15, 0.2) is 6.07 Å². The van der Waals surface area contributed by atoms with Crippen molar-refractivity contribution >= 4 is 40.0 Å². The van der Waals surface area contributed by atoms with E-state index in [0.29, 0.717) is 16.2 Å². The highest BCUT2D eigenvalue weighted by Crippen LogP contribution is 2.24. The maximum Gasteiger partial charge on any atom is 0.181 e. The van der Waals surface area contributed by atoms with E-state index in [1.165, 1.54) is 11.3 Å². The van der Waals surface area contributed by atoms with Crippen molar-refractivity contribution < 1.29 is 4.39 Å². The van der Waals surface area contributed by atoms with Gasteiger partial charge in [0.2, 0.25) is 0 Å². The molecule has 0 bridgehead atoms. The van der Waals surface area contributed by atoms with E-state index >= 15 is 0 Å². The number of nitrogen functional groups attached to an aromatic ring is 1. The third kappa shape index (κ3) is 1.19. The van der Waals surface area contributed by atoms with E-state index in [-0.39, 0.29) is 5.46 Å². The predicted molar refractivity (Wildman–Crippen MR) is 54.1 cm³/mol. The number of hydrogen-bond acceptors (Lipinski definition) is 3. The Balaban J connectivity index is 2.92. The summed E-state index contributed by atoms with van der Waals surface area (Å²) in [6.07, 6.45) is 0. The molecule has 0 atom stereocenters. The lowest BCUT2D eigenvalue weighted by Gasteiger charge is -2.00. The quantitative estimate of drug-likeness (QED) is 0.635. The first-order valence-corrected chi connectivity index (χ1v) is 4.52. The number of aromatic nitrogens is 1. The zero-order chi connectivity index (χ0) is 9.59. The number of nitrogens with zero attached hydrogens (tertiary/aromatic N) is 1. The van der Waals surface area contributed by atoms with Gasteiger partial charge in [0.1, 0.15) is 13.7 Å². The van der Waals surface area contributed by atoms with E-state index in [4.69, 9.17) is 13.6 Å². The van der Waals surface area contributed by atoms with Gasteiger partial charge in [0, 0.05) is 0 Å². The maximum absolute atomic E-state index is 13.3. The Kier molecular flexibility index (Phi) is 1.77. The molecule has 2 aromatic rings. The normalized spacial score (nSPS) is 10.9. The molecule has 0 saturated carbocycles. The summed E-state index contributed by atoms with van der Waals surface area (Å²) < 4.78 is 14.1. The van der Waals surface area contributed by atoms with Crippen molar-refractivity contribution in [2.24, 2.45) is 0 Å². The summed E-state index contributed by atoms with van der Waals surface area (Å²) in [6, 6.07) is 1.70. The average molecular weight is 192 g/mol. The fraction of sp³-hybridized carbons (Fsp3) is 0.125. The van der Waals surface area contributed by atoms with E-state index in [0.717, 1.165) is 4.70 Å². The molecule has 0 spiro atoms. The molecule has 1 heterocycles. The van der Waals surface area contributed by atoms with E-state index in [9.17, 15) is 4.39 Å². The van der Waals surface area contributed by atoms with Gasteiger partial charge in [-0.1, -0.05) is 11.3 Å². The second-order valence-corrected chi connectivity index (χ2v) is 3.88. The zero-order valence-corrected chi connectivity index (χ0v) is 7.78. The zero-order valence-electron chi connectivity index (χ0n) is 6.97. The molecular formula is C8H6BFN2S. The van der Waals surface area contributed by atoms with Crippen molar-refractivity contribution in [1.82, 2.24) is 4.98 Å². The highest BCUT2D eigenvalue weighted by Gasteiger charge is 2.09. The average Bonchev–Trinajstić information content (AvgIpc) is 2.42. The summed E-state index contributed by atoms with van der Waals surface area (Å²) in [5.41, 5.74) is 6.56. The van der Waals surface area contributed by atoms with Gasteiger partial charge in [0.15, 0.2) is 5.13 Å². The minimum atomic E-state index is -0.405. The molecule has 0 saturated heterocycles. The molecule has 2 rings (SSSR count). The molecular weight excluding hydrogens is 186 g/mol. The fourth-order valence-corrected chi connectivity index (χ4v) is 2.07. The Hall–Kier alpha value is -1.10. The number of thiazole rings is 1. The van der Waals surface area contributed by atoms with Gasteiger partial charge in [0.25, 0.3) is 0 Å². The molecule has 2 N–H and O–H groups in total. The molecule has 2 nitrogen and oxygen atoms in total. The van der Waals surface area contributed by atoms with Crippen molar-refractivity contribution in [2.45, 2.75) is 6.92 Å². The number of nitrogens with two attached hydrogens (primary N) is 1. The topological polar surface area (TPSA) is 38.9 Å². The number of halogens is 1. The number of rotatable bonds is 0. The van der Waals surface area contributed by atoms with Gasteiger partial charge < -0.3 is 5.73 Å². The molecule has 0 fully saturated rings. The molecule has 0 aliphatic rings. The van der Waals surface area contributed by atoms with Crippen LogP contribution in [0, 0.1) is 12.7 Å². The van der Waals surface area contributed by atoms with Crippen molar-refractivity contribution in [1.29, 1.82) is 0 Å². The van der Waals surface area contributed by atoms with E-state index < -0.39 is 5.82 Å². The number of hydrogen-bond donors (Lipinski definition) is 1. The van der Waals surface area contributed by atoms with Crippen LogP contribution in [-0.2, 0) is 0 Å². The van der Waals surface area contributed by atoms with Gasteiger partial charge in [-0.2, -0.15) is 0 Å². The first-order chi connectivity index (χ1) is 6.09. The van der Waals surface area contributed by atoms with Crippen molar-refractivity contribution in [3.05, 3.63) is 17.4 Å². The number of benzene rings is 1. The first kappa shape index (κ1) is 8.50. The van der Waals surface area contributed by atoms with Gasteiger partial charge in [-0.25, -0.2) is 9.37 Å². The third-order valence-electron chi connectivity index (χ3n) is 1.86. The third-order valence-corrected chi connectivity index (χ3v) is 2.69. The fourth-order valence-electron chi connectivity index (χ4n) is 1.22. The molecule has 0 amide bonds. The smallest absolute Gasteiger partial charge is 0.181 e. The standard InChI is InChI=1S/C8H6BFN2S/c1-3-2-4-7(5(9)6(3)10)12-8(11)13-4/h2H,1H3,(H2,11,12). The Bertz CT molecular complexity index is 480. The van der Waals surface area contributed by atoms with Crippen LogP contribution < -0.4 is 11.2 Å². The Labute approximate surface area is 80.0 Å². The largest absolute Gasteiger partial charge is 0.375 e. The summed E-state index contributed by atoms with van der Waals surface area (Å²) in [7, 11) is 5.55. The van der Waals surface area contributed by atoms with Gasteiger partial charge in [-0.3, -0.25) is 0 Å². The molecule has 2 radical (unpaired) electrons. The molecule has 0 aliphatic heterocycles. The minimum Gasteiger partial charge on any atom is -0.375 e. The van der Waals surface area contributed by atoms with Crippen molar-refractivity contribution in [3.8, 4) is 0 Å². The lowest BCUT2D eigenvalue weighted by atomic mass is 9.92. The van der Waals surface area contributed by atoms with Gasteiger partial charge >= 0.3 is 0 Å². The van der Waals surface area contributed by atoms with Crippen LogP contribution in [0.25, 0.3) is 10.2 Å². The molecule has 13 heavy (non-hydrogen) atoms. The predicted octanol–water partition coefficient (Wildman–Crippen LogP) is 1.12. The van der Waals surface area contributed by atoms with Gasteiger partial charge in [0.05, 0.1) is 10.2 Å². The van der Waals surface area contributed by atoms with E-state index in [1.54, 1.807) is 13.0 Å². The van der Waals surface area contributed by atoms with Crippen LogP contribution in [0.4, 0.5) is 9.52 Å². The van der Waals surface area contributed by atoms with Crippen LogP contribution >= 0.6 is 11.3 Å². The van der Waals surface area contributed by atoms with Crippen molar-refractivity contribution in [3.63, 3.8) is 0 Å². The SMILES string of the molecule is [B]c1c(F)c(C)cc2sc(N)nc12. The summed E-state index contributed by atoms with van der Waals surface area (Å²) in [4.78, 5) is 3.95. The Morgan fingerprint density at radius 3 is 3.00 bits per heavy atom. The second kappa shape index (κ2) is 2.70. The highest BCUT2D eigenvalue weighted by atomic mass is 32.1. The second-order valence-electron chi connectivity index (χ2n) is 2.82. The molecule has 0 aliphatic carbocycles. The van der Waals surface area contributed by atoms with Crippen LogP contribution in [0.3, 0.4) is 0 Å². The van der Waals surface area contributed by atoms with Crippen molar-refractivity contribution in [2.75, 3.05) is 5.73 Å². The minimum absolute atomic E-state index is 0.0861. The van der Waals surface area contributed by atoms with Crippen LogP contribution in [-0.4, -0.2) is 12.8 Å². The monoisotopic (exact) mass is 192 g/mol. The maximum atomic E-state index is 13.3. The van der Waals surface area contributed by atoms with Crippen LogP contribution in [0.5, 0.6) is 0 Å². The lowest BCUT2D eigenvalue weighted by Crippen LogP contribution is -2.11. The summed E-state index contributed by atoms with van der Waals surface area (Å²) in [5, 5.41) is 0.409. The molecule has 5 heteroatoms. The number of aryl methyl sites for hydroxylation is 1. The van der Waals surface area contributed by atoms with E-state index in [1.807, 2.05) is 0 Å². The van der Waals surface area contributed by atoms with Gasteiger partial charge in [-0.05, 0) is 24.0 Å². The molecule has 1 aromatic heterocycles. The Morgan fingerprint density at radius 2 is 2.31 bits per heavy atom. The molecule has 1 aromatic carbocycles. The molecule has 0 unspecified atom stereocenters. The highest BCUT2D eigenvalue weighted by molar-refractivity contribution is 7.22. The first-order valence-electron chi connectivity index (χ1n) is 3.70. The number of anilines is 1. The van der Waals surface area contributed by atoms with Crippen LogP contribution in [0.1, 0.15) is 5.56 Å². The Morgan fingerprint density at radius 1 is 1.62 bits per heavy atom. The lowest BCUT2D eigenvalue weighted by molar-refractivity contribution is 0.628. The van der Waals surface area contributed by atoms with Crippen LogP contribution in [0.2, 0.25) is 0 Å². The van der Waals surface area contributed by atoms with E-state index in [2.05, 4.69) is 4.98 Å².